The van der Waals surface area contributed by atoms with Gasteiger partial charge in [0.1, 0.15) is 0 Å². The molecule has 0 saturated heterocycles. The molecule has 0 aliphatic carbocycles. The van der Waals surface area contributed by atoms with Crippen LogP contribution in [0.4, 0.5) is 0 Å². The summed E-state index contributed by atoms with van der Waals surface area (Å²) in [5, 5.41) is 10.4. The number of nitrogens with one attached hydrogen (secondary N) is 1. The number of hydrogen-bond donors (Lipinski definition) is 2. The van der Waals surface area contributed by atoms with Gasteiger partial charge in [0.15, 0.2) is 0 Å². The molecule has 0 unspecified atom stereocenters. The minimum absolute atomic E-state index is 0.216. The number of aliphatic carboxylic acids is 1. The molecule has 0 bridgehead atoms. The number of carbonyl (C=O) groups excluding carboxylic acids is 1. The normalized spacial score (nSPS) is 10.3. The lowest BCUT2D eigenvalue weighted by molar-refractivity contribution is -0.134. The SMILES string of the molecule is CC(=O)O.CCCCCCCCCCCCNC(=O)CCCN(C)C. The van der Waals surface area contributed by atoms with Crippen LogP contribution in [0, 0.1) is 0 Å². The zero-order chi connectivity index (χ0) is 19.3. The second-order valence-electron chi connectivity index (χ2n) is 6.96. The van der Waals surface area contributed by atoms with Crippen molar-refractivity contribution in [2.24, 2.45) is 0 Å². The van der Waals surface area contributed by atoms with Crippen molar-refractivity contribution >= 4 is 11.9 Å². The zero-order valence-electron chi connectivity index (χ0n) is 17.1. The van der Waals surface area contributed by atoms with Crippen molar-refractivity contribution in [2.45, 2.75) is 90.9 Å². The van der Waals surface area contributed by atoms with Crippen LogP contribution in [-0.4, -0.2) is 49.1 Å². The maximum absolute atomic E-state index is 11.6. The molecule has 0 aromatic heterocycles. The molecular formula is C20H42N2O3. The molecule has 0 aliphatic rings. The highest BCUT2D eigenvalue weighted by Crippen LogP contribution is 2.10. The molecule has 0 aromatic rings. The van der Waals surface area contributed by atoms with Crippen LogP contribution in [0.1, 0.15) is 90.9 Å². The third kappa shape index (κ3) is 31.2. The molecule has 5 nitrogen and oxygen atoms in total. The van der Waals surface area contributed by atoms with Crippen LogP contribution >= 0.6 is 0 Å². The van der Waals surface area contributed by atoms with Gasteiger partial charge in [-0.1, -0.05) is 64.7 Å². The van der Waals surface area contributed by atoms with Crippen molar-refractivity contribution in [3.05, 3.63) is 0 Å². The summed E-state index contributed by atoms with van der Waals surface area (Å²) in [5.41, 5.74) is 0. The first kappa shape index (κ1) is 26.1. The van der Waals surface area contributed by atoms with Gasteiger partial charge in [-0.05, 0) is 33.5 Å². The summed E-state index contributed by atoms with van der Waals surface area (Å²) >= 11 is 0. The molecule has 0 saturated carbocycles. The molecule has 0 heterocycles. The Morgan fingerprint density at radius 2 is 1.28 bits per heavy atom. The summed E-state index contributed by atoms with van der Waals surface area (Å²) in [4.78, 5) is 22.7. The summed E-state index contributed by atoms with van der Waals surface area (Å²) < 4.78 is 0. The molecule has 0 fully saturated rings. The van der Waals surface area contributed by atoms with Gasteiger partial charge in [-0.15, -0.1) is 0 Å². The second-order valence-corrected chi connectivity index (χ2v) is 6.96. The summed E-state index contributed by atoms with van der Waals surface area (Å²) in [6, 6.07) is 0. The lowest BCUT2D eigenvalue weighted by Gasteiger charge is -2.09. The molecule has 0 atom stereocenters. The summed E-state index contributed by atoms with van der Waals surface area (Å²) in [7, 11) is 4.09. The fourth-order valence-corrected chi connectivity index (χ4v) is 2.48. The van der Waals surface area contributed by atoms with Crippen LogP contribution in [0.5, 0.6) is 0 Å². The molecule has 25 heavy (non-hydrogen) atoms. The number of hydrogen-bond acceptors (Lipinski definition) is 3. The minimum atomic E-state index is -0.833. The van der Waals surface area contributed by atoms with Crippen molar-refractivity contribution in [3.63, 3.8) is 0 Å². The van der Waals surface area contributed by atoms with Gasteiger partial charge in [0.05, 0.1) is 0 Å². The van der Waals surface area contributed by atoms with Gasteiger partial charge >= 0.3 is 0 Å². The molecule has 0 spiro atoms. The fraction of sp³-hybridized carbons (Fsp3) is 0.900. The maximum atomic E-state index is 11.6. The van der Waals surface area contributed by atoms with Gasteiger partial charge in [0.25, 0.3) is 5.97 Å². The maximum Gasteiger partial charge on any atom is 0.300 e. The van der Waals surface area contributed by atoms with Crippen LogP contribution in [0.2, 0.25) is 0 Å². The Morgan fingerprint density at radius 1 is 0.840 bits per heavy atom. The van der Waals surface area contributed by atoms with E-state index in [1.165, 1.54) is 57.8 Å². The Hall–Kier alpha value is -1.10. The topological polar surface area (TPSA) is 69.6 Å². The second kappa shape index (κ2) is 20.9. The molecule has 0 rings (SSSR count). The van der Waals surface area contributed by atoms with Crippen LogP contribution in [0.25, 0.3) is 0 Å². The van der Waals surface area contributed by atoms with E-state index in [9.17, 15) is 4.79 Å². The average molecular weight is 359 g/mol. The van der Waals surface area contributed by atoms with Crippen LogP contribution in [0.3, 0.4) is 0 Å². The van der Waals surface area contributed by atoms with Crippen LogP contribution < -0.4 is 5.32 Å². The van der Waals surface area contributed by atoms with E-state index in [0.717, 1.165) is 32.9 Å². The molecule has 150 valence electrons. The van der Waals surface area contributed by atoms with Gasteiger partial charge in [-0.3, -0.25) is 9.59 Å². The number of carbonyl (C=O) groups is 2. The van der Waals surface area contributed by atoms with Gasteiger partial charge in [-0.25, -0.2) is 0 Å². The first-order chi connectivity index (χ1) is 11.9. The van der Waals surface area contributed by atoms with Crippen molar-refractivity contribution in [3.8, 4) is 0 Å². The monoisotopic (exact) mass is 358 g/mol. The predicted molar refractivity (Wildman–Crippen MR) is 106 cm³/mol. The average Bonchev–Trinajstić information content (AvgIpc) is 2.51. The molecule has 0 radical (unpaired) electrons. The lowest BCUT2D eigenvalue weighted by Crippen LogP contribution is -2.25. The third-order valence-electron chi connectivity index (χ3n) is 3.86. The van der Waals surface area contributed by atoms with E-state index >= 15 is 0 Å². The summed E-state index contributed by atoms with van der Waals surface area (Å²) in [6.07, 6.45) is 15.0. The summed E-state index contributed by atoms with van der Waals surface area (Å²) in [6.45, 7) is 5.20. The molecule has 1 amide bonds. The Kier molecular flexibility index (Phi) is 21.9. The Labute approximate surface area is 155 Å². The Balaban J connectivity index is 0. The number of carboxylic acid groups (broad SMARTS) is 1. The van der Waals surface area contributed by atoms with Crippen molar-refractivity contribution in [2.75, 3.05) is 27.2 Å². The fourth-order valence-electron chi connectivity index (χ4n) is 2.48. The van der Waals surface area contributed by atoms with E-state index in [0.29, 0.717) is 6.42 Å². The highest BCUT2D eigenvalue weighted by atomic mass is 16.4. The molecule has 0 aliphatic heterocycles. The standard InChI is InChI=1S/C18H38N2O.C2H4O2/c1-4-5-6-7-8-9-10-11-12-13-16-19-18(21)15-14-17-20(2)3;1-2(3)4/h4-17H2,1-3H3,(H,19,21);1H3,(H,3,4). The summed E-state index contributed by atoms with van der Waals surface area (Å²) in [5.74, 6) is -0.618. The lowest BCUT2D eigenvalue weighted by atomic mass is 10.1. The van der Waals surface area contributed by atoms with E-state index in [4.69, 9.17) is 9.90 Å². The van der Waals surface area contributed by atoms with Gasteiger partial charge in [0.2, 0.25) is 5.91 Å². The number of nitrogens with zero attached hydrogens (tertiary/aromatic N) is 1. The van der Waals surface area contributed by atoms with E-state index in [1.54, 1.807) is 0 Å². The van der Waals surface area contributed by atoms with Crippen molar-refractivity contribution in [1.29, 1.82) is 0 Å². The van der Waals surface area contributed by atoms with Crippen molar-refractivity contribution in [1.82, 2.24) is 10.2 Å². The minimum Gasteiger partial charge on any atom is -0.481 e. The molecule has 0 aromatic carbocycles. The molecule has 2 N–H and O–H groups in total. The van der Waals surface area contributed by atoms with E-state index in [-0.39, 0.29) is 5.91 Å². The zero-order valence-corrected chi connectivity index (χ0v) is 17.1. The van der Waals surface area contributed by atoms with E-state index in [2.05, 4.69) is 17.1 Å². The number of carboxylic acids is 1. The van der Waals surface area contributed by atoms with Crippen LogP contribution in [0.15, 0.2) is 0 Å². The van der Waals surface area contributed by atoms with E-state index < -0.39 is 5.97 Å². The Bertz CT molecular complexity index is 303. The third-order valence-corrected chi connectivity index (χ3v) is 3.86. The Morgan fingerprint density at radius 3 is 1.72 bits per heavy atom. The van der Waals surface area contributed by atoms with Crippen LogP contribution in [-0.2, 0) is 9.59 Å². The van der Waals surface area contributed by atoms with E-state index in [1.807, 2.05) is 14.1 Å². The number of amides is 1. The number of rotatable bonds is 15. The number of unbranched alkanes of at least 4 members (excludes halogenated alkanes) is 9. The van der Waals surface area contributed by atoms with Gasteiger partial charge in [-0.2, -0.15) is 0 Å². The largest absolute Gasteiger partial charge is 0.481 e. The molecule has 5 heteroatoms. The predicted octanol–water partition coefficient (Wildman–Crippen LogP) is 4.46. The highest BCUT2D eigenvalue weighted by Gasteiger charge is 2.00. The first-order valence-corrected chi connectivity index (χ1v) is 10.0. The smallest absolute Gasteiger partial charge is 0.300 e. The van der Waals surface area contributed by atoms with Crippen molar-refractivity contribution < 1.29 is 14.7 Å². The van der Waals surface area contributed by atoms with Gasteiger partial charge in [0, 0.05) is 19.9 Å². The quantitative estimate of drug-likeness (QED) is 0.424. The first-order valence-electron chi connectivity index (χ1n) is 10.0. The van der Waals surface area contributed by atoms with Gasteiger partial charge < -0.3 is 15.3 Å². The molecular weight excluding hydrogens is 316 g/mol. The highest BCUT2D eigenvalue weighted by molar-refractivity contribution is 5.75.